The van der Waals surface area contributed by atoms with E-state index in [1.165, 1.54) is 22.1 Å². The molecule has 19 heavy (non-hydrogen) atoms. The van der Waals surface area contributed by atoms with Crippen molar-refractivity contribution in [2.45, 2.75) is 12.5 Å². The van der Waals surface area contributed by atoms with E-state index in [0.717, 1.165) is 18.6 Å². The molecule has 3 heteroatoms. The molecule has 0 spiro atoms. The Morgan fingerprint density at radius 1 is 1.05 bits per heavy atom. The fraction of sp³-hybridized carbons (Fsp3) is 0.188. The lowest BCUT2D eigenvalue weighted by molar-refractivity contribution is 0.570. The number of pyridine rings is 1. The lowest BCUT2D eigenvalue weighted by Crippen LogP contribution is -2.30. The zero-order valence-electron chi connectivity index (χ0n) is 10.6. The number of aromatic nitrogens is 2. The molecule has 3 heterocycles. The van der Waals surface area contributed by atoms with E-state index in [4.69, 9.17) is 0 Å². The molecule has 0 bridgehead atoms. The van der Waals surface area contributed by atoms with Crippen molar-refractivity contribution in [2.24, 2.45) is 0 Å². The van der Waals surface area contributed by atoms with E-state index < -0.39 is 0 Å². The van der Waals surface area contributed by atoms with Crippen LogP contribution >= 0.6 is 0 Å². The third-order valence-electron chi connectivity index (χ3n) is 3.90. The molecule has 0 fully saturated rings. The molecule has 2 aromatic heterocycles. The van der Waals surface area contributed by atoms with Crippen LogP contribution < -0.4 is 5.32 Å². The van der Waals surface area contributed by atoms with Gasteiger partial charge in [-0.05, 0) is 29.7 Å². The Kier molecular flexibility index (Phi) is 2.38. The fourth-order valence-corrected chi connectivity index (χ4v) is 3.00. The molecule has 4 rings (SSSR count). The summed E-state index contributed by atoms with van der Waals surface area (Å²) in [5, 5.41) is 4.83. The molecule has 94 valence electrons. The molecule has 0 aliphatic carbocycles. The summed E-state index contributed by atoms with van der Waals surface area (Å²) < 4.78 is 0. The highest BCUT2D eigenvalue weighted by Gasteiger charge is 2.23. The minimum atomic E-state index is 0.267. The first-order valence-electron chi connectivity index (χ1n) is 6.66. The zero-order valence-corrected chi connectivity index (χ0v) is 10.6. The van der Waals surface area contributed by atoms with Crippen molar-refractivity contribution in [2.75, 3.05) is 6.54 Å². The number of aromatic amines is 1. The molecule has 1 aromatic carbocycles. The van der Waals surface area contributed by atoms with Gasteiger partial charge in [-0.1, -0.05) is 24.3 Å². The van der Waals surface area contributed by atoms with Crippen LogP contribution in [0.4, 0.5) is 0 Å². The van der Waals surface area contributed by atoms with Gasteiger partial charge < -0.3 is 10.3 Å². The van der Waals surface area contributed by atoms with Gasteiger partial charge in [-0.2, -0.15) is 0 Å². The number of nitrogens with zero attached hydrogens (tertiary/aromatic N) is 1. The number of rotatable bonds is 1. The summed E-state index contributed by atoms with van der Waals surface area (Å²) in [4.78, 5) is 7.63. The number of hydrogen-bond donors (Lipinski definition) is 2. The molecule has 1 atom stereocenters. The number of nitrogens with one attached hydrogen (secondary N) is 2. The third-order valence-corrected chi connectivity index (χ3v) is 3.90. The summed E-state index contributed by atoms with van der Waals surface area (Å²) in [6, 6.07) is 13.1. The second-order valence-electron chi connectivity index (χ2n) is 4.98. The average Bonchev–Trinajstić information content (AvgIpc) is 2.90. The molecule has 0 saturated carbocycles. The Morgan fingerprint density at radius 2 is 2.00 bits per heavy atom. The van der Waals surface area contributed by atoms with E-state index in [2.05, 4.69) is 51.8 Å². The van der Waals surface area contributed by atoms with Crippen molar-refractivity contribution in [1.82, 2.24) is 15.3 Å². The quantitative estimate of drug-likeness (QED) is 0.696. The van der Waals surface area contributed by atoms with Crippen molar-refractivity contribution in [3.63, 3.8) is 0 Å². The minimum absolute atomic E-state index is 0.267. The SMILES string of the molecule is c1ccc2c(c1)CCNC2c1c[nH]c2ncccc12. The molecule has 1 aliphatic rings. The van der Waals surface area contributed by atoms with Crippen LogP contribution in [0.25, 0.3) is 11.0 Å². The smallest absolute Gasteiger partial charge is 0.137 e. The average molecular weight is 249 g/mol. The number of fused-ring (bicyclic) bond motifs is 2. The predicted octanol–water partition coefficient (Wildman–Crippen LogP) is 2.80. The van der Waals surface area contributed by atoms with Crippen LogP contribution in [0.1, 0.15) is 22.7 Å². The van der Waals surface area contributed by atoms with E-state index >= 15 is 0 Å². The number of H-pyrrole nitrogens is 1. The number of hydrogen-bond acceptors (Lipinski definition) is 2. The zero-order chi connectivity index (χ0) is 12.7. The van der Waals surface area contributed by atoms with E-state index in [1.54, 1.807) is 0 Å². The van der Waals surface area contributed by atoms with Crippen LogP contribution in [0.15, 0.2) is 48.8 Å². The minimum Gasteiger partial charge on any atom is -0.346 e. The highest BCUT2D eigenvalue weighted by Crippen LogP contribution is 2.32. The maximum atomic E-state index is 4.37. The fourth-order valence-electron chi connectivity index (χ4n) is 3.00. The Balaban J connectivity index is 1.90. The van der Waals surface area contributed by atoms with E-state index in [9.17, 15) is 0 Å². The normalized spacial score (nSPS) is 18.4. The van der Waals surface area contributed by atoms with Gasteiger partial charge in [0.2, 0.25) is 0 Å². The Hall–Kier alpha value is -2.13. The second kappa shape index (κ2) is 4.21. The maximum Gasteiger partial charge on any atom is 0.137 e. The molecule has 0 radical (unpaired) electrons. The van der Waals surface area contributed by atoms with E-state index in [1.807, 2.05) is 12.3 Å². The standard InChI is InChI=1S/C16H15N3/c1-2-5-12-11(4-1)7-9-17-15(12)14-10-19-16-13(14)6-3-8-18-16/h1-6,8,10,15,17H,7,9H2,(H,18,19). The van der Waals surface area contributed by atoms with Gasteiger partial charge in [-0.3, -0.25) is 0 Å². The summed E-state index contributed by atoms with van der Waals surface area (Å²) in [5.74, 6) is 0. The molecule has 0 saturated heterocycles. The maximum absolute atomic E-state index is 4.37. The molecular formula is C16H15N3. The molecule has 3 nitrogen and oxygen atoms in total. The van der Waals surface area contributed by atoms with Gasteiger partial charge in [0.25, 0.3) is 0 Å². The Morgan fingerprint density at radius 3 is 3.00 bits per heavy atom. The largest absolute Gasteiger partial charge is 0.346 e. The van der Waals surface area contributed by atoms with Crippen molar-refractivity contribution in [1.29, 1.82) is 0 Å². The van der Waals surface area contributed by atoms with E-state index in [-0.39, 0.29) is 6.04 Å². The van der Waals surface area contributed by atoms with Crippen molar-refractivity contribution < 1.29 is 0 Å². The van der Waals surface area contributed by atoms with Crippen molar-refractivity contribution >= 4 is 11.0 Å². The second-order valence-corrected chi connectivity index (χ2v) is 4.98. The lowest BCUT2D eigenvalue weighted by Gasteiger charge is -2.26. The van der Waals surface area contributed by atoms with Crippen LogP contribution in [0, 0.1) is 0 Å². The van der Waals surface area contributed by atoms with E-state index in [0.29, 0.717) is 0 Å². The first-order chi connectivity index (χ1) is 9.43. The predicted molar refractivity (Wildman–Crippen MR) is 76.1 cm³/mol. The van der Waals surface area contributed by atoms with Crippen molar-refractivity contribution in [3.8, 4) is 0 Å². The summed E-state index contributed by atoms with van der Waals surface area (Å²) in [6.45, 7) is 1.02. The van der Waals surface area contributed by atoms with Crippen LogP contribution in [0.2, 0.25) is 0 Å². The topological polar surface area (TPSA) is 40.7 Å². The summed E-state index contributed by atoms with van der Waals surface area (Å²) in [5.41, 5.74) is 5.08. The van der Waals surface area contributed by atoms with Gasteiger partial charge >= 0.3 is 0 Å². The van der Waals surface area contributed by atoms with Crippen LogP contribution in [-0.2, 0) is 6.42 Å². The first-order valence-corrected chi connectivity index (χ1v) is 6.66. The van der Waals surface area contributed by atoms with Crippen molar-refractivity contribution in [3.05, 3.63) is 65.5 Å². The molecule has 2 N–H and O–H groups in total. The highest BCUT2D eigenvalue weighted by atomic mass is 14.9. The lowest BCUT2D eigenvalue weighted by atomic mass is 9.90. The molecule has 0 amide bonds. The van der Waals surface area contributed by atoms with Crippen LogP contribution in [0.5, 0.6) is 0 Å². The van der Waals surface area contributed by atoms with Crippen LogP contribution in [0.3, 0.4) is 0 Å². The summed E-state index contributed by atoms with van der Waals surface area (Å²) >= 11 is 0. The first kappa shape index (κ1) is 10.8. The van der Waals surface area contributed by atoms with Crippen LogP contribution in [-0.4, -0.2) is 16.5 Å². The third kappa shape index (κ3) is 1.66. The Bertz CT molecular complexity index is 729. The molecular weight excluding hydrogens is 234 g/mol. The van der Waals surface area contributed by atoms with Gasteiger partial charge in [0.15, 0.2) is 0 Å². The summed E-state index contributed by atoms with van der Waals surface area (Å²) in [6.07, 6.45) is 5.01. The highest BCUT2D eigenvalue weighted by molar-refractivity contribution is 5.80. The molecule has 3 aromatic rings. The molecule has 1 unspecified atom stereocenters. The van der Waals surface area contributed by atoms with Gasteiger partial charge in [-0.25, -0.2) is 4.98 Å². The summed E-state index contributed by atoms with van der Waals surface area (Å²) in [7, 11) is 0. The van der Waals surface area contributed by atoms with Gasteiger partial charge in [0.1, 0.15) is 5.65 Å². The van der Waals surface area contributed by atoms with Gasteiger partial charge in [-0.15, -0.1) is 0 Å². The van der Waals surface area contributed by atoms with Gasteiger partial charge in [0.05, 0.1) is 6.04 Å². The van der Waals surface area contributed by atoms with Gasteiger partial charge in [0, 0.05) is 29.9 Å². The Labute approximate surface area is 111 Å². The number of benzene rings is 1. The molecule has 1 aliphatic heterocycles. The monoisotopic (exact) mass is 249 g/mol.